The molecule has 1 aliphatic carbocycles. The summed E-state index contributed by atoms with van der Waals surface area (Å²) >= 11 is 0. The average Bonchev–Trinajstić information content (AvgIpc) is 3.03. The molecule has 1 aromatic carbocycles. The third-order valence-electron chi connectivity index (χ3n) is 3.40. The Morgan fingerprint density at radius 3 is 2.61 bits per heavy atom. The van der Waals surface area contributed by atoms with Crippen molar-refractivity contribution in [1.29, 1.82) is 0 Å². The van der Waals surface area contributed by atoms with Crippen LogP contribution in [0.4, 0.5) is 8.78 Å². The summed E-state index contributed by atoms with van der Waals surface area (Å²) in [4.78, 5) is 12.6. The first-order chi connectivity index (χ1) is 8.41. The summed E-state index contributed by atoms with van der Waals surface area (Å²) in [5, 5.41) is 8.94. The number of carboxylic acids is 1. The smallest absolute Gasteiger partial charge is 0.306 e. The molecule has 2 rings (SSSR count). The minimum atomic E-state index is -0.872. The summed E-state index contributed by atoms with van der Waals surface area (Å²) < 4.78 is 27.0. The first kappa shape index (κ1) is 13.0. The lowest BCUT2D eigenvalue weighted by atomic mass is 9.99. The van der Waals surface area contributed by atoms with E-state index >= 15 is 0 Å². The summed E-state index contributed by atoms with van der Waals surface area (Å²) in [5.41, 5.74) is 0.230. The Hall–Kier alpha value is -1.49. The van der Waals surface area contributed by atoms with Gasteiger partial charge in [0.1, 0.15) is 11.6 Å². The van der Waals surface area contributed by atoms with E-state index in [4.69, 9.17) is 5.11 Å². The highest BCUT2D eigenvalue weighted by Crippen LogP contribution is 2.50. The molecule has 0 saturated heterocycles. The van der Waals surface area contributed by atoms with Crippen molar-refractivity contribution < 1.29 is 18.7 Å². The Kier molecular flexibility index (Phi) is 3.34. The SMILES string of the molecule is CN(C)C(c1cc(F)ccc1F)C1CC1C(=O)O. The van der Waals surface area contributed by atoms with E-state index < -0.39 is 29.6 Å². The Morgan fingerprint density at radius 2 is 2.11 bits per heavy atom. The molecule has 0 amide bonds. The van der Waals surface area contributed by atoms with Crippen molar-refractivity contribution in [3.8, 4) is 0 Å². The highest BCUT2D eigenvalue weighted by Gasteiger charge is 2.49. The van der Waals surface area contributed by atoms with E-state index in [1.807, 2.05) is 0 Å². The number of hydrogen-bond donors (Lipinski definition) is 1. The van der Waals surface area contributed by atoms with E-state index in [0.717, 1.165) is 18.2 Å². The molecular weight excluding hydrogens is 240 g/mol. The van der Waals surface area contributed by atoms with Crippen molar-refractivity contribution in [2.24, 2.45) is 11.8 Å². The van der Waals surface area contributed by atoms with E-state index in [1.165, 1.54) is 0 Å². The Balaban J connectivity index is 2.31. The van der Waals surface area contributed by atoms with Gasteiger partial charge in [-0.25, -0.2) is 8.78 Å². The van der Waals surface area contributed by atoms with Crippen LogP contribution in [0, 0.1) is 23.5 Å². The summed E-state index contributed by atoms with van der Waals surface area (Å²) in [7, 11) is 3.48. The highest BCUT2D eigenvalue weighted by molar-refractivity contribution is 5.73. The van der Waals surface area contributed by atoms with Gasteiger partial charge in [0.25, 0.3) is 0 Å². The van der Waals surface area contributed by atoms with Crippen LogP contribution in [0.3, 0.4) is 0 Å². The number of aliphatic carboxylic acids is 1. The van der Waals surface area contributed by atoms with E-state index in [0.29, 0.717) is 6.42 Å². The predicted octanol–water partition coefficient (Wildman–Crippen LogP) is 2.29. The zero-order chi connectivity index (χ0) is 13.4. The van der Waals surface area contributed by atoms with Crippen LogP contribution in [0.2, 0.25) is 0 Å². The normalized spacial score (nSPS) is 24.1. The second kappa shape index (κ2) is 4.65. The number of rotatable bonds is 4. The predicted molar refractivity (Wildman–Crippen MR) is 62.0 cm³/mol. The fourth-order valence-corrected chi connectivity index (χ4v) is 2.48. The number of nitrogens with zero attached hydrogens (tertiary/aromatic N) is 1. The van der Waals surface area contributed by atoms with E-state index in [9.17, 15) is 13.6 Å². The monoisotopic (exact) mass is 255 g/mol. The molecule has 0 aromatic heterocycles. The van der Waals surface area contributed by atoms with Gasteiger partial charge in [-0.1, -0.05) is 0 Å². The van der Waals surface area contributed by atoms with Crippen molar-refractivity contribution in [2.45, 2.75) is 12.5 Å². The minimum Gasteiger partial charge on any atom is -0.481 e. The molecular formula is C13H15F2NO2. The van der Waals surface area contributed by atoms with Crippen LogP contribution in [0.15, 0.2) is 18.2 Å². The molecule has 3 unspecified atom stereocenters. The molecule has 3 nitrogen and oxygen atoms in total. The zero-order valence-corrected chi connectivity index (χ0v) is 10.2. The van der Waals surface area contributed by atoms with Gasteiger partial charge >= 0.3 is 5.97 Å². The molecule has 98 valence electrons. The molecule has 1 aliphatic rings. The molecule has 0 aliphatic heterocycles. The molecule has 0 heterocycles. The lowest BCUT2D eigenvalue weighted by Gasteiger charge is -2.25. The van der Waals surface area contributed by atoms with Crippen molar-refractivity contribution in [3.05, 3.63) is 35.4 Å². The van der Waals surface area contributed by atoms with Gasteiger partial charge in [0.2, 0.25) is 0 Å². The van der Waals surface area contributed by atoms with Gasteiger partial charge < -0.3 is 10.0 Å². The van der Waals surface area contributed by atoms with Gasteiger partial charge in [-0.15, -0.1) is 0 Å². The number of hydrogen-bond acceptors (Lipinski definition) is 2. The van der Waals surface area contributed by atoms with E-state index in [1.54, 1.807) is 19.0 Å². The number of carbonyl (C=O) groups is 1. The van der Waals surface area contributed by atoms with Gasteiger partial charge in [-0.3, -0.25) is 4.79 Å². The first-order valence-corrected chi connectivity index (χ1v) is 5.76. The number of benzene rings is 1. The van der Waals surface area contributed by atoms with Crippen molar-refractivity contribution >= 4 is 5.97 Å². The molecule has 18 heavy (non-hydrogen) atoms. The molecule has 1 saturated carbocycles. The highest BCUT2D eigenvalue weighted by atomic mass is 19.1. The molecule has 1 N–H and O–H groups in total. The van der Waals surface area contributed by atoms with Crippen LogP contribution in [-0.2, 0) is 4.79 Å². The number of halogens is 2. The summed E-state index contributed by atoms with van der Waals surface area (Å²) in [6.45, 7) is 0. The van der Waals surface area contributed by atoms with Crippen molar-refractivity contribution in [3.63, 3.8) is 0 Å². The van der Waals surface area contributed by atoms with Crippen LogP contribution >= 0.6 is 0 Å². The maximum absolute atomic E-state index is 13.8. The van der Waals surface area contributed by atoms with Crippen LogP contribution < -0.4 is 0 Å². The van der Waals surface area contributed by atoms with Crippen LogP contribution in [-0.4, -0.2) is 30.1 Å². The number of carboxylic acid groups (broad SMARTS) is 1. The quantitative estimate of drug-likeness (QED) is 0.897. The van der Waals surface area contributed by atoms with Gasteiger partial charge in [-0.2, -0.15) is 0 Å². The van der Waals surface area contributed by atoms with Crippen LogP contribution in [0.5, 0.6) is 0 Å². The van der Waals surface area contributed by atoms with Gasteiger partial charge in [0, 0.05) is 11.6 Å². The lowest BCUT2D eigenvalue weighted by molar-refractivity contribution is -0.139. The van der Waals surface area contributed by atoms with Crippen molar-refractivity contribution in [2.75, 3.05) is 14.1 Å². The van der Waals surface area contributed by atoms with Gasteiger partial charge in [0.15, 0.2) is 0 Å². The summed E-state index contributed by atoms with van der Waals surface area (Å²) in [5.74, 6) is -2.49. The maximum atomic E-state index is 13.8. The molecule has 3 atom stereocenters. The Bertz CT molecular complexity index is 476. The fraction of sp³-hybridized carbons (Fsp3) is 0.462. The lowest BCUT2D eigenvalue weighted by Crippen LogP contribution is -2.24. The van der Waals surface area contributed by atoms with Gasteiger partial charge in [0.05, 0.1) is 5.92 Å². The minimum absolute atomic E-state index is 0.159. The Morgan fingerprint density at radius 1 is 1.44 bits per heavy atom. The second-order valence-corrected chi connectivity index (χ2v) is 4.92. The maximum Gasteiger partial charge on any atom is 0.306 e. The molecule has 0 radical (unpaired) electrons. The molecule has 5 heteroatoms. The fourth-order valence-electron chi connectivity index (χ4n) is 2.48. The standard InChI is InChI=1S/C13H15F2NO2/c1-16(2)12(8-6-9(8)13(17)18)10-5-7(14)3-4-11(10)15/h3-5,8-9,12H,6H2,1-2H3,(H,17,18). The summed E-state index contributed by atoms with van der Waals surface area (Å²) in [6, 6.07) is 2.89. The van der Waals surface area contributed by atoms with Crippen molar-refractivity contribution in [1.82, 2.24) is 4.90 Å². The molecule has 0 bridgehead atoms. The van der Waals surface area contributed by atoms with Crippen LogP contribution in [0.25, 0.3) is 0 Å². The van der Waals surface area contributed by atoms with E-state index in [-0.39, 0.29) is 11.5 Å². The first-order valence-electron chi connectivity index (χ1n) is 5.76. The zero-order valence-electron chi connectivity index (χ0n) is 10.2. The second-order valence-electron chi connectivity index (χ2n) is 4.92. The third-order valence-corrected chi connectivity index (χ3v) is 3.40. The van der Waals surface area contributed by atoms with Gasteiger partial charge in [-0.05, 0) is 44.6 Å². The largest absolute Gasteiger partial charge is 0.481 e. The van der Waals surface area contributed by atoms with E-state index in [2.05, 4.69) is 0 Å². The summed E-state index contributed by atoms with van der Waals surface area (Å²) in [6.07, 6.45) is 0.508. The third kappa shape index (κ3) is 2.36. The molecule has 1 aromatic rings. The topological polar surface area (TPSA) is 40.5 Å². The Labute approximate surface area is 104 Å². The molecule has 0 spiro atoms. The average molecular weight is 255 g/mol. The van der Waals surface area contributed by atoms with Crippen LogP contribution in [0.1, 0.15) is 18.0 Å². The molecule has 1 fully saturated rings.